The predicted octanol–water partition coefficient (Wildman–Crippen LogP) is 1.41. The number of hydrogen-bond acceptors (Lipinski definition) is 3. The fourth-order valence-corrected chi connectivity index (χ4v) is 1.80. The van der Waals surface area contributed by atoms with Crippen molar-refractivity contribution in [2.45, 2.75) is 13.0 Å². The molecule has 0 spiro atoms. The largest absolute Gasteiger partial charge is 0.489 e. The van der Waals surface area contributed by atoms with Crippen LogP contribution in [0.25, 0.3) is 0 Å². The third-order valence-electron chi connectivity index (χ3n) is 2.37. The number of fused-ring (bicyclic) bond motifs is 1. The van der Waals surface area contributed by atoms with Crippen LogP contribution in [0.1, 0.15) is 6.92 Å². The molecule has 1 aromatic rings. The normalized spacial score (nSPS) is 16.9. The molecule has 3 nitrogen and oxygen atoms in total. The van der Waals surface area contributed by atoms with Gasteiger partial charge in [0, 0.05) is 6.54 Å². The third-order valence-corrected chi connectivity index (χ3v) is 2.37. The van der Waals surface area contributed by atoms with Gasteiger partial charge in [-0.15, -0.1) is 0 Å². The minimum atomic E-state index is -0.476. The van der Waals surface area contributed by atoms with Crippen LogP contribution in [-0.2, 0) is 0 Å². The first-order valence-electron chi connectivity index (χ1n) is 5.03. The van der Waals surface area contributed by atoms with Gasteiger partial charge in [-0.2, -0.15) is 0 Å². The van der Waals surface area contributed by atoms with E-state index in [0.717, 1.165) is 0 Å². The van der Waals surface area contributed by atoms with E-state index < -0.39 is 6.10 Å². The molecule has 0 radical (unpaired) electrons. The lowest BCUT2D eigenvalue weighted by Crippen LogP contribution is -2.38. The summed E-state index contributed by atoms with van der Waals surface area (Å²) in [5.74, 6) is 0.259. The molecule has 82 valence electrons. The van der Waals surface area contributed by atoms with E-state index in [1.54, 1.807) is 19.1 Å². The number of para-hydroxylation sites is 1. The number of aliphatic hydroxyl groups is 1. The van der Waals surface area contributed by atoms with Gasteiger partial charge in [0.15, 0.2) is 0 Å². The molecular formula is C11H14FNO2. The first-order valence-corrected chi connectivity index (χ1v) is 5.03. The molecule has 0 saturated carbocycles. The summed E-state index contributed by atoms with van der Waals surface area (Å²) in [6, 6.07) is 4.77. The number of nitrogens with zero attached hydrogens (tertiary/aromatic N) is 1. The van der Waals surface area contributed by atoms with Gasteiger partial charge >= 0.3 is 0 Å². The van der Waals surface area contributed by atoms with Gasteiger partial charge in [0.05, 0.1) is 12.6 Å². The molecule has 15 heavy (non-hydrogen) atoms. The summed E-state index contributed by atoms with van der Waals surface area (Å²) in [4.78, 5) is 1.82. The zero-order valence-corrected chi connectivity index (χ0v) is 8.61. The summed E-state index contributed by atoms with van der Waals surface area (Å²) >= 11 is 0. The topological polar surface area (TPSA) is 32.7 Å². The smallest absolute Gasteiger partial charge is 0.150 e. The third kappa shape index (κ3) is 2.04. The standard InChI is InChI=1S/C11H14FNO2/c1-8(14)7-13-5-6-15-10-4-2-3-9(12)11(10)13/h2-4,8,14H,5-7H2,1H3. The molecule has 0 aromatic heterocycles. The lowest BCUT2D eigenvalue weighted by Gasteiger charge is -2.32. The van der Waals surface area contributed by atoms with Crippen molar-refractivity contribution in [3.63, 3.8) is 0 Å². The van der Waals surface area contributed by atoms with Crippen LogP contribution in [-0.4, -0.2) is 30.9 Å². The second-order valence-corrected chi connectivity index (χ2v) is 3.73. The zero-order valence-electron chi connectivity index (χ0n) is 8.61. The van der Waals surface area contributed by atoms with Gasteiger partial charge < -0.3 is 14.7 Å². The SMILES string of the molecule is CC(O)CN1CCOc2cccc(F)c21. The average Bonchev–Trinajstić information content (AvgIpc) is 2.17. The van der Waals surface area contributed by atoms with Crippen LogP contribution in [0.4, 0.5) is 10.1 Å². The van der Waals surface area contributed by atoms with Crippen molar-refractivity contribution in [1.29, 1.82) is 0 Å². The maximum Gasteiger partial charge on any atom is 0.150 e. The molecule has 0 aliphatic carbocycles. The maximum absolute atomic E-state index is 13.6. The number of aliphatic hydroxyl groups excluding tert-OH is 1. The number of halogens is 1. The number of ether oxygens (including phenoxy) is 1. The van der Waals surface area contributed by atoms with Crippen LogP contribution in [0.5, 0.6) is 5.75 Å². The quantitative estimate of drug-likeness (QED) is 0.802. The molecule has 1 aromatic carbocycles. The van der Waals surface area contributed by atoms with Gasteiger partial charge in [-0.3, -0.25) is 0 Å². The molecule has 0 bridgehead atoms. The average molecular weight is 211 g/mol. The first-order chi connectivity index (χ1) is 7.18. The minimum absolute atomic E-state index is 0.298. The van der Waals surface area contributed by atoms with Gasteiger partial charge in [0.2, 0.25) is 0 Å². The molecule has 0 amide bonds. The van der Waals surface area contributed by atoms with Crippen molar-refractivity contribution in [2.75, 3.05) is 24.6 Å². The van der Waals surface area contributed by atoms with E-state index >= 15 is 0 Å². The monoisotopic (exact) mass is 211 g/mol. The van der Waals surface area contributed by atoms with Crippen LogP contribution in [0.3, 0.4) is 0 Å². The Balaban J connectivity index is 2.32. The van der Waals surface area contributed by atoms with Crippen molar-refractivity contribution in [3.05, 3.63) is 24.0 Å². The molecule has 4 heteroatoms. The van der Waals surface area contributed by atoms with Crippen LogP contribution in [0.15, 0.2) is 18.2 Å². The number of benzene rings is 1. The zero-order chi connectivity index (χ0) is 10.8. The second-order valence-electron chi connectivity index (χ2n) is 3.73. The Labute approximate surface area is 88.1 Å². The van der Waals surface area contributed by atoms with Crippen molar-refractivity contribution in [3.8, 4) is 5.75 Å². The van der Waals surface area contributed by atoms with E-state index in [9.17, 15) is 9.50 Å². The second kappa shape index (κ2) is 4.06. The Kier molecular flexibility index (Phi) is 2.77. The van der Waals surface area contributed by atoms with Crippen LogP contribution in [0.2, 0.25) is 0 Å². The van der Waals surface area contributed by atoms with Gasteiger partial charge in [-0.05, 0) is 19.1 Å². The van der Waals surface area contributed by atoms with E-state index in [-0.39, 0.29) is 5.82 Å². The lowest BCUT2D eigenvalue weighted by molar-refractivity contribution is 0.194. The number of anilines is 1. The fraction of sp³-hybridized carbons (Fsp3) is 0.455. The molecule has 0 saturated heterocycles. The number of hydrogen-bond donors (Lipinski definition) is 1. The van der Waals surface area contributed by atoms with E-state index in [0.29, 0.717) is 31.1 Å². The fourth-order valence-electron chi connectivity index (χ4n) is 1.80. The summed E-state index contributed by atoms with van der Waals surface area (Å²) in [5, 5.41) is 9.32. The minimum Gasteiger partial charge on any atom is -0.489 e. The van der Waals surface area contributed by atoms with Gasteiger partial charge in [0.1, 0.15) is 23.9 Å². The highest BCUT2D eigenvalue weighted by Crippen LogP contribution is 2.33. The van der Waals surface area contributed by atoms with E-state index in [4.69, 9.17) is 4.74 Å². The van der Waals surface area contributed by atoms with Crippen LogP contribution < -0.4 is 9.64 Å². The summed E-state index contributed by atoms with van der Waals surface area (Å²) in [6.45, 7) is 3.26. The molecule has 1 N–H and O–H groups in total. The molecule has 2 rings (SSSR count). The summed E-state index contributed by atoms with van der Waals surface area (Å²) in [5.41, 5.74) is 0.463. The van der Waals surface area contributed by atoms with E-state index in [1.807, 2.05) is 4.90 Å². The Morgan fingerprint density at radius 2 is 2.40 bits per heavy atom. The van der Waals surface area contributed by atoms with E-state index in [2.05, 4.69) is 0 Å². The van der Waals surface area contributed by atoms with Crippen molar-refractivity contribution in [2.24, 2.45) is 0 Å². The predicted molar refractivity (Wildman–Crippen MR) is 55.8 cm³/mol. The highest BCUT2D eigenvalue weighted by atomic mass is 19.1. The van der Waals surface area contributed by atoms with Crippen molar-refractivity contribution >= 4 is 5.69 Å². The maximum atomic E-state index is 13.6. The Hall–Kier alpha value is -1.29. The molecule has 1 aliphatic rings. The molecule has 1 unspecified atom stereocenters. The summed E-state index contributed by atoms with van der Waals surface area (Å²) < 4.78 is 18.9. The lowest BCUT2D eigenvalue weighted by atomic mass is 10.2. The highest BCUT2D eigenvalue weighted by Gasteiger charge is 2.22. The van der Waals surface area contributed by atoms with Crippen LogP contribution in [0, 0.1) is 5.82 Å². The summed E-state index contributed by atoms with van der Waals surface area (Å²) in [6.07, 6.45) is -0.476. The van der Waals surface area contributed by atoms with Gasteiger partial charge in [-0.1, -0.05) is 6.07 Å². The van der Waals surface area contributed by atoms with E-state index in [1.165, 1.54) is 6.07 Å². The molecular weight excluding hydrogens is 197 g/mol. The summed E-state index contributed by atoms with van der Waals surface area (Å²) in [7, 11) is 0. The van der Waals surface area contributed by atoms with Crippen molar-refractivity contribution < 1.29 is 14.2 Å². The Bertz CT molecular complexity index is 354. The van der Waals surface area contributed by atoms with Crippen LogP contribution >= 0.6 is 0 Å². The molecule has 1 atom stereocenters. The molecule has 1 aliphatic heterocycles. The van der Waals surface area contributed by atoms with Gasteiger partial charge in [0.25, 0.3) is 0 Å². The van der Waals surface area contributed by atoms with Gasteiger partial charge in [-0.25, -0.2) is 4.39 Å². The Morgan fingerprint density at radius 1 is 1.60 bits per heavy atom. The first kappa shape index (κ1) is 10.2. The van der Waals surface area contributed by atoms with Crippen molar-refractivity contribution in [1.82, 2.24) is 0 Å². The Morgan fingerprint density at radius 3 is 3.13 bits per heavy atom. The molecule has 1 heterocycles. The molecule has 0 fully saturated rings. The number of β-amino-alcohol motifs (C(OH)–C–C–N with tert-alkyl or cyclic N) is 1. The highest BCUT2D eigenvalue weighted by molar-refractivity contribution is 5.60. The number of rotatable bonds is 2.